The number of carbonyl (C=O) groups is 1. The van der Waals surface area contributed by atoms with Crippen LogP contribution in [0.2, 0.25) is 0 Å². The second-order valence-corrected chi connectivity index (χ2v) is 6.93. The molecular formula is C19H22N2O3S. The molecule has 0 bridgehead atoms. The van der Waals surface area contributed by atoms with Gasteiger partial charge in [0.05, 0.1) is 14.2 Å². The summed E-state index contributed by atoms with van der Waals surface area (Å²) in [5.41, 5.74) is 2.82. The summed E-state index contributed by atoms with van der Waals surface area (Å²) in [5, 5.41) is 2.92. The second-order valence-electron chi connectivity index (χ2n) is 5.74. The number of anilines is 1. The fraction of sp³-hybridized carbons (Fsp3) is 0.316. The standard InChI is InChI=1S/C19H22N2O3S/c1-13-7-4-5-9-15(13)20-19(22)21-11-12-25-18(21)14-8-6-10-16(23-2)17(14)24-3/h4-10,18H,11-12H2,1-3H3,(H,20,22). The van der Waals surface area contributed by atoms with Gasteiger partial charge in [-0.1, -0.05) is 30.3 Å². The Hall–Kier alpha value is -2.34. The van der Waals surface area contributed by atoms with Crippen molar-refractivity contribution >= 4 is 23.5 Å². The van der Waals surface area contributed by atoms with Crippen molar-refractivity contribution in [3.63, 3.8) is 0 Å². The van der Waals surface area contributed by atoms with Gasteiger partial charge in [-0.3, -0.25) is 0 Å². The molecule has 132 valence electrons. The van der Waals surface area contributed by atoms with Crippen LogP contribution in [-0.4, -0.2) is 37.4 Å². The van der Waals surface area contributed by atoms with Gasteiger partial charge in [-0.25, -0.2) is 4.79 Å². The number of urea groups is 1. The van der Waals surface area contributed by atoms with Crippen molar-refractivity contribution in [3.05, 3.63) is 53.6 Å². The minimum atomic E-state index is -0.103. The maximum Gasteiger partial charge on any atom is 0.323 e. The van der Waals surface area contributed by atoms with Gasteiger partial charge in [0.1, 0.15) is 5.37 Å². The molecule has 1 saturated heterocycles. The lowest BCUT2D eigenvalue weighted by Crippen LogP contribution is -2.34. The van der Waals surface area contributed by atoms with Gasteiger partial charge in [0.25, 0.3) is 0 Å². The third-order valence-corrected chi connectivity index (χ3v) is 5.48. The molecule has 6 heteroatoms. The monoisotopic (exact) mass is 358 g/mol. The number of ether oxygens (including phenoxy) is 2. The van der Waals surface area contributed by atoms with Crippen molar-refractivity contribution in [2.75, 3.05) is 31.8 Å². The average Bonchev–Trinajstić information content (AvgIpc) is 3.12. The highest BCUT2D eigenvalue weighted by Crippen LogP contribution is 2.45. The number of benzene rings is 2. The van der Waals surface area contributed by atoms with Gasteiger partial charge in [0, 0.05) is 23.5 Å². The Kier molecular flexibility index (Phi) is 5.38. The molecule has 1 fully saturated rings. The molecule has 1 heterocycles. The first-order valence-corrected chi connectivity index (χ1v) is 9.16. The van der Waals surface area contributed by atoms with Crippen LogP contribution < -0.4 is 14.8 Å². The number of nitrogens with zero attached hydrogens (tertiary/aromatic N) is 1. The van der Waals surface area contributed by atoms with E-state index in [1.807, 2.05) is 54.3 Å². The zero-order valence-electron chi connectivity index (χ0n) is 14.6. The van der Waals surface area contributed by atoms with Gasteiger partial charge in [-0.15, -0.1) is 11.8 Å². The second kappa shape index (κ2) is 7.70. The smallest absolute Gasteiger partial charge is 0.323 e. The summed E-state index contributed by atoms with van der Waals surface area (Å²) in [5.74, 6) is 2.23. The number of nitrogens with one attached hydrogen (secondary N) is 1. The summed E-state index contributed by atoms with van der Waals surface area (Å²) in [6, 6.07) is 13.4. The molecule has 1 aliphatic heterocycles. The summed E-state index contributed by atoms with van der Waals surface area (Å²) in [6.45, 7) is 2.67. The van der Waals surface area contributed by atoms with E-state index in [4.69, 9.17) is 9.47 Å². The van der Waals surface area contributed by atoms with Crippen LogP contribution in [0.15, 0.2) is 42.5 Å². The van der Waals surface area contributed by atoms with E-state index < -0.39 is 0 Å². The lowest BCUT2D eigenvalue weighted by Gasteiger charge is -2.26. The van der Waals surface area contributed by atoms with Crippen molar-refractivity contribution in [3.8, 4) is 11.5 Å². The summed E-state index contributed by atoms with van der Waals surface area (Å²) < 4.78 is 10.9. The van der Waals surface area contributed by atoms with Crippen LogP contribution in [0.4, 0.5) is 10.5 Å². The predicted molar refractivity (Wildman–Crippen MR) is 102 cm³/mol. The molecule has 0 radical (unpaired) electrons. The van der Waals surface area contributed by atoms with Gasteiger partial charge < -0.3 is 19.7 Å². The lowest BCUT2D eigenvalue weighted by molar-refractivity contribution is 0.213. The lowest BCUT2D eigenvalue weighted by atomic mass is 10.1. The third kappa shape index (κ3) is 3.54. The van der Waals surface area contributed by atoms with Crippen LogP contribution in [0.3, 0.4) is 0 Å². The molecule has 0 aromatic heterocycles. The van der Waals surface area contributed by atoms with Crippen LogP contribution >= 0.6 is 11.8 Å². The zero-order valence-corrected chi connectivity index (χ0v) is 15.4. The Labute approximate surface area is 152 Å². The average molecular weight is 358 g/mol. The van der Waals surface area contributed by atoms with Crippen molar-refractivity contribution in [1.82, 2.24) is 4.90 Å². The van der Waals surface area contributed by atoms with Gasteiger partial charge in [0.15, 0.2) is 11.5 Å². The molecule has 1 aliphatic rings. The Bertz CT molecular complexity index is 766. The summed E-state index contributed by atoms with van der Waals surface area (Å²) in [7, 11) is 3.24. The van der Waals surface area contributed by atoms with E-state index in [9.17, 15) is 4.79 Å². The van der Waals surface area contributed by atoms with E-state index >= 15 is 0 Å². The summed E-state index contributed by atoms with van der Waals surface area (Å²) >= 11 is 1.72. The molecule has 1 unspecified atom stereocenters. The van der Waals surface area contributed by atoms with E-state index in [0.29, 0.717) is 18.0 Å². The fourth-order valence-corrected chi connectivity index (χ4v) is 4.21. The first-order chi connectivity index (χ1) is 12.2. The number of methoxy groups -OCH3 is 2. The van der Waals surface area contributed by atoms with Gasteiger partial charge in [-0.05, 0) is 24.6 Å². The molecule has 0 saturated carbocycles. The van der Waals surface area contributed by atoms with Crippen LogP contribution in [0, 0.1) is 6.92 Å². The molecule has 2 aromatic carbocycles. The topological polar surface area (TPSA) is 50.8 Å². The molecule has 1 atom stereocenters. The number of aryl methyl sites for hydroxylation is 1. The van der Waals surface area contributed by atoms with E-state index in [0.717, 1.165) is 22.6 Å². The number of para-hydroxylation sites is 2. The number of rotatable bonds is 4. The Morgan fingerprint density at radius 1 is 1.16 bits per heavy atom. The highest BCUT2D eigenvalue weighted by molar-refractivity contribution is 7.99. The van der Waals surface area contributed by atoms with Crippen LogP contribution in [0.1, 0.15) is 16.5 Å². The molecule has 3 rings (SSSR count). The molecule has 2 amide bonds. The third-order valence-electron chi connectivity index (χ3n) is 4.24. The number of amides is 2. The van der Waals surface area contributed by atoms with E-state index in [1.165, 1.54) is 0 Å². The van der Waals surface area contributed by atoms with Crippen LogP contribution in [-0.2, 0) is 0 Å². The highest BCUT2D eigenvalue weighted by Gasteiger charge is 2.33. The van der Waals surface area contributed by atoms with E-state index in [1.54, 1.807) is 26.0 Å². The Morgan fingerprint density at radius 2 is 1.96 bits per heavy atom. The number of thioether (sulfide) groups is 1. The van der Waals surface area contributed by atoms with Gasteiger partial charge in [-0.2, -0.15) is 0 Å². The first-order valence-electron chi connectivity index (χ1n) is 8.11. The van der Waals surface area contributed by atoms with Gasteiger partial charge >= 0.3 is 6.03 Å². The summed E-state index contributed by atoms with van der Waals surface area (Å²) in [4.78, 5) is 14.7. The maximum absolute atomic E-state index is 12.8. The quantitative estimate of drug-likeness (QED) is 0.886. The molecule has 0 aliphatic carbocycles. The molecular weight excluding hydrogens is 336 g/mol. The molecule has 0 spiro atoms. The largest absolute Gasteiger partial charge is 0.493 e. The molecule has 2 aromatic rings. The fourth-order valence-electron chi connectivity index (χ4n) is 2.94. The molecule has 5 nitrogen and oxygen atoms in total. The minimum Gasteiger partial charge on any atom is -0.493 e. The summed E-state index contributed by atoms with van der Waals surface area (Å²) in [6.07, 6.45) is 0. The van der Waals surface area contributed by atoms with Gasteiger partial charge in [0.2, 0.25) is 0 Å². The van der Waals surface area contributed by atoms with Crippen molar-refractivity contribution in [2.24, 2.45) is 0 Å². The number of carbonyl (C=O) groups excluding carboxylic acids is 1. The van der Waals surface area contributed by atoms with E-state index in [2.05, 4.69) is 5.32 Å². The van der Waals surface area contributed by atoms with E-state index in [-0.39, 0.29) is 11.4 Å². The van der Waals surface area contributed by atoms with Crippen molar-refractivity contribution in [2.45, 2.75) is 12.3 Å². The predicted octanol–water partition coefficient (Wildman–Crippen LogP) is 4.29. The minimum absolute atomic E-state index is 0.103. The first kappa shape index (κ1) is 17.5. The van der Waals surface area contributed by atoms with Crippen molar-refractivity contribution < 1.29 is 14.3 Å². The Balaban J connectivity index is 1.86. The number of hydrogen-bond acceptors (Lipinski definition) is 4. The highest BCUT2D eigenvalue weighted by atomic mass is 32.2. The Morgan fingerprint density at radius 3 is 2.68 bits per heavy atom. The SMILES string of the molecule is COc1cccc(C2SCCN2C(=O)Nc2ccccc2C)c1OC. The van der Waals surface area contributed by atoms with Crippen LogP contribution in [0.25, 0.3) is 0 Å². The van der Waals surface area contributed by atoms with Crippen LogP contribution in [0.5, 0.6) is 11.5 Å². The number of hydrogen-bond donors (Lipinski definition) is 1. The normalized spacial score (nSPS) is 16.6. The van der Waals surface area contributed by atoms with Crippen molar-refractivity contribution in [1.29, 1.82) is 0 Å². The molecule has 1 N–H and O–H groups in total. The molecule has 25 heavy (non-hydrogen) atoms. The zero-order chi connectivity index (χ0) is 17.8. The maximum atomic E-state index is 12.8.